The van der Waals surface area contributed by atoms with E-state index in [1.54, 1.807) is 29.2 Å². The molecule has 1 unspecified atom stereocenters. The number of pyridine rings is 1. The fourth-order valence-corrected chi connectivity index (χ4v) is 3.05. The zero-order valence-electron chi connectivity index (χ0n) is 10.2. The molecule has 0 radical (unpaired) electrons. The van der Waals surface area contributed by atoms with Gasteiger partial charge in [0.25, 0.3) is 0 Å². The van der Waals surface area contributed by atoms with Gasteiger partial charge in [0.15, 0.2) is 0 Å². The lowest BCUT2D eigenvalue weighted by Crippen LogP contribution is -2.24. The SMILES string of the molecule is Brc1cncc(OC2CCN(Cc3nncs3)C2)c1. The molecule has 2 aromatic rings. The molecule has 2 aromatic heterocycles. The van der Waals surface area contributed by atoms with E-state index in [2.05, 4.69) is 36.0 Å². The van der Waals surface area contributed by atoms with Crippen molar-refractivity contribution in [3.8, 4) is 5.75 Å². The van der Waals surface area contributed by atoms with Crippen molar-refractivity contribution in [2.45, 2.75) is 19.1 Å². The van der Waals surface area contributed by atoms with Crippen LogP contribution in [0.4, 0.5) is 0 Å². The molecule has 1 fully saturated rings. The number of aromatic nitrogens is 3. The molecule has 0 N–H and O–H groups in total. The van der Waals surface area contributed by atoms with Crippen LogP contribution in [0.5, 0.6) is 5.75 Å². The fraction of sp³-hybridized carbons (Fsp3) is 0.417. The maximum atomic E-state index is 5.94. The third-order valence-electron chi connectivity index (χ3n) is 2.98. The van der Waals surface area contributed by atoms with E-state index in [9.17, 15) is 0 Å². The van der Waals surface area contributed by atoms with Gasteiger partial charge in [-0.2, -0.15) is 0 Å². The second-order valence-corrected chi connectivity index (χ2v) is 6.27. The van der Waals surface area contributed by atoms with Crippen molar-refractivity contribution < 1.29 is 4.74 Å². The topological polar surface area (TPSA) is 51.1 Å². The van der Waals surface area contributed by atoms with Gasteiger partial charge in [0.1, 0.15) is 22.4 Å². The van der Waals surface area contributed by atoms with E-state index in [-0.39, 0.29) is 6.10 Å². The Morgan fingerprint density at radius 1 is 1.47 bits per heavy atom. The Bertz CT molecular complexity index is 536. The Hall–Kier alpha value is -1.05. The van der Waals surface area contributed by atoms with E-state index >= 15 is 0 Å². The van der Waals surface area contributed by atoms with Crippen molar-refractivity contribution in [2.24, 2.45) is 0 Å². The Kier molecular flexibility index (Phi) is 4.05. The summed E-state index contributed by atoms with van der Waals surface area (Å²) in [6.45, 7) is 2.82. The number of rotatable bonds is 4. The van der Waals surface area contributed by atoms with Crippen molar-refractivity contribution in [2.75, 3.05) is 13.1 Å². The predicted octanol–water partition coefficient (Wildman–Crippen LogP) is 2.35. The molecule has 100 valence electrons. The van der Waals surface area contributed by atoms with E-state index in [4.69, 9.17) is 4.74 Å². The lowest BCUT2D eigenvalue weighted by Gasteiger charge is -2.15. The lowest BCUT2D eigenvalue weighted by atomic mass is 10.3. The lowest BCUT2D eigenvalue weighted by molar-refractivity contribution is 0.197. The van der Waals surface area contributed by atoms with Crippen LogP contribution in [0.3, 0.4) is 0 Å². The summed E-state index contributed by atoms with van der Waals surface area (Å²) in [5.41, 5.74) is 1.77. The summed E-state index contributed by atoms with van der Waals surface area (Å²) in [5, 5.41) is 8.99. The summed E-state index contributed by atoms with van der Waals surface area (Å²) in [7, 11) is 0. The zero-order valence-corrected chi connectivity index (χ0v) is 12.6. The number of hydrogen-bond donors (Lipinski definition) is 0. The van der Waals surface area contributed by atoms with Crippen LogP contribution < -0.4 is 4.74 Å². The minimum Gasteiger partial charge on any atom is -0.487 e. The van der Waals surface area contributed by atoms with Gasteiger partial charge >= 0.3 is 0 Å². The van der Waals surface area contributed by atoms with Gasteiger partial charge in [0.05, 0.1) is 12.7 Å². The molecule has 1 saturated heterocycles. The summed E-state index contributed by atoms with van der Waals surface area (Å²) in [6, 6.07) is 1.94. The number of hydrogen-bond acceptors (Lipinski definition) is 6. The van der Waals surface area contributed by atoms with Crippen molar-refractivity contribution in [1.82, 2.24) is 20.1 Å². The summed E-state index contributed by atoms with van der Waals surface area (Å²) in [4.78, 5) is 6.45. The molecule has 0 bridgehead atoms. The first-order valence-corrected chi connectivity index (χ1v) is 7.71. The molecule has 19 heavy (non-hydrogen) atoms. The predicted molar refractivity (Wildman–Crippen MR) is 76.2 cm³/mol. The average molecular weight is 341 g/mol. The highest BCUT2D eigenvalue weighted by atomic mass is 79.9. The monoisotopic (exact) mass is 340 g/mol. The number of halogens is 1. The largest absolute Gasteiger partial charge is 0.487 e. The van der Waals surface area contributed by atoms with E-state index in [0.29, 0.717) is 0 Å². The van der Waals surface area contributed by atoms with Gasteiger partial charge in [-0.3, -0.25) is 9.88 Å². The van der Waals surface area contributed by atoms with Crippen LogP contribution >= 0.6 is 27.3 Å². The molecular weight excluding hydrogens is 328 g/mol. The molecule has 0 spiro atoms. The van der Waals surface area contributed by atoms with Crippen LogP contribution in [0, 0.1) is 0 Å². The van der Waals surface area contributed by atoms with Gasteiger partial charge in [-0.25, -0.2) is 0 Å². The molecule has 0 aliphatic carbocycles. The zero-order chi connectivity index (χ0) is 13.1. The van der Waals surface area contributed by atoms with Crippen LogP contribution in [0.2, 0.25) is 0 Å². The number of likely N-dealkylation sites (tertiary alicyclic amines) is 1. The second kappa shape index (κ2) is 5.94. The van der Waals surface area contributed by atoms with Crippen molar-refractivity contribution in [3.05, 3.63) is 33.5 Å². The highest BCUT2D eigenvalue weighted by Gasteiger charge is 2.24. The Balaban J connectivity index is 1.54. The molecule has 0 aromatic carbocycles. The Morgan fingerprint density at radius 3 is 3.21 bits per heavy atom. The van der Waals surface area contributed by atoms with Crippen molar-refractivity contribution in [3.63, 3.8) is 0 Å². The molecule has 1 aliphatic heterocycles. The van der Waals surface area contributed by atoms with Crippen LogP contribution in [-0.4, -0.2) is 39.3 Å². The molecule has 1 aliphatic rings. The van der Waals surface area contributed by atoms with Gasteiger partial charge in [-0.1, -0.05) is 0 Å². The van der Waals surface area contributed by atoms with Crippen LogP contribution in [-0.2, 0) is 6.54 Å². The third kappa shape index (κ3) is 3.49. The molecule has 5 nitrogen and oxygen atoms in total. The maximum Gasteiger partial charge on any atom is 0.139 e. The molecule has 7 heteroatoms. The molecule has 3 heterocycles. The highest BCUT2D eigenvalue weighted by molar-refractivity contribution is 9.10. The standard InChI is InChI=1S/C12H13BrN4OS/c13-9-3-11(5-14-4-9)18-10-1-2-17(6-10)7-12-16-15-8-19-12/h3-5,8,10H,1-2,6-7H2. The molecule has 3 rings (SSSR count). The van der Waals surface area contributed by atoms with E-state index < -0.39 is 0 Å². The maximum absolute atomic E-state index is 5.94. The first-order valence-electron chi connectivity index (χ1n) is 6.04. The van der Waals surface area contributed by atoms with Crippen molar-refractivity contribution >= 4 is 27.3 Å². The van der Waals surface area contributed by atoms with Crippen LogP contribution in [0.25, 0.3) is 0 Å². The number of ether oxygens (including phenoxy) is 1. The van der Waals surface area contributed by atoms with Crippen LogP contribution in [0.15, 0.2) is 28.4 Å². The first kappa shape index (κ1) is 13.0. The summed E-state index contributed by atoms with van der Waals surface area (Å²) < 4.78 is 6.88. The Labute approximate surface area is 123 Å². The minimum atomic E-state index is 0.226. The Morgan fingerprint density at radius 2 is 2.42 bits per heavy atom. The van der Waals surface area contributed by atoms with E-state index in [1.807, 2.05) is 6.07 Å². The third-order valence-corrected chi connectivity index (χ3v) is 4.09. The number of nitrogens with zero attached hydrogens (tertiary/aromatic N) is 4. The molecular formula is C12H13BrN4OS. The molecule has 0 saturated carbocycles. The first-order chi connectivity index (χ1) is 9.29. The van der Waals surface area contributed by atoms with Gasteiger partial charge in [-0.05, 0) is 28.4 Å². The normalized spacial score (nSPS) is 19.7. The van der Waals surface area contributed by atoms with Gasteiger partial charge in [-0.15, -0.1) is 21.5 Å². The quantitative estimate of drug-likeness (QED) is 0.855. The van der Waals surface area contributed by atoms with Gasteiger partial charge in [0.2, 0.25) is 0 Å². The average Bonchev–Trinajstić information content (AvgIpc) is 3.02. The van der Waals surface area contributed by atoms with E-state index in [0.717, 1.165) is 41.3 Å². The summed E-state index contributed by atoms with van der Waals surface area (Å²) >= 11 is 4.99. The minimum absolute atomic E-state index is 0.226. The summed E-state index contributed by atoms with van der Waals surface area (Å²) in [5.74, 6) is 0.817. The summed E-state index contributed by atoms with van der Waals surface area (Å²) in [6.07, 6.45) is 4.76. The van der Waals surface area contributed by atoms with Gasteiger partial charge < -0.3 is 4.74 Å². The van der Waals surface area contributed by atoms with E-state index in [1.165, 1.54) is 0 Å². The van der Waals surface area contributed by atoms with Gasteiger partial charge in [0, 0.05) is 23.8 Å². The molecule has 1 atom stereocenters. The fourth-order valence-electron chi connectivity index (χ4n) is 2.14. The highest BCUT2D eigenvalue weighted by Crippen LogP contribution is 2.21. The van der Waals surface area contributed by atoms with Crippen molar-refractivity contribution in [1.29, 1.82) is 0 Å². The van der Waals surface area contributed by atoms with Crippen LogP contribution in [0.1, 0.15) is 11.4 Å². The smallest absolute Gasteiger partial charge is 0.139 e. The second-order valence-electron chi connectivity index (χ2n) is 4.43. The molecule has 0 amide bonds.